The van der Waals surface area contributed by atoms with E-state index in [1.54, 1.807) is 0 Å². The summed E-state index contributed by atoms with van der Waals surface area (Å²) in [6.07, 6.45) is 2.24. The lowest BCUT2D eigenvalue weighted by Crippen LogP contribution is -2.56. The van der Waals surface area contributed by atoms with Gasteiger partial charge in [-0.15, -0.1) is 0 Å². The van der Waals surface area contributed by atoms with Gasteiger partial charge in [0.15, 0.2) is 0 Å². The highest BCUT2D eigenvalue weighted by Gasteiger charge is 2.41. The van der Waals surface area contributed by atoms with Crippen LogP contribution in [-0.2, 0) is 0 Å². The summed E-state index contributed by atoms with van der Waals surface area (Å²) in [6, 6.07) is 20.1. The largest absolute Gasteiger partial charge is 0.336 e. The number of carbonyl (C=O) groups excluding carboxylic acids is 1. The fourth-order valence-electron chi connectivity index (χ4n) is 5.18. The number of hydrogen-bond acceptors (Lipinski definition) is 4. The van der Waals surface area contributed by atoms with E-state index >= 15 is 0 Å². The van der Waals surface area contributed by atoms with Crippen molar-refractivity contribution < 1.29 is 4.79 Å². The van der Waals surface area contributed by atoms with Gasteiger partial charge in [-0.25, -0.2) is 14.8 Å². The number of piperidine rings is 3. The molecule has 0 radical (unpaired) electrons. The van der Waals surface area contributed by atoms with Crippen LogP contribution in [0.15, 0.2) is 65.1 Å². The Balaban J connectivity index is 1.25. The summed E-state index contributed by atoms with van der Waals surface area (Å²) >= 11 is 3.66. The number of fused-ring (bicyclic) bond motifs is 3. The Labute approximate surface area is 203 Å². The Hall–Kier alpha value is -2.77. The monoisotopic (exact) mass is 505 g/mol. The van der Waals surface area contributed by atoms with Gasteiger partial charge < -0.3 is 10.6 Å². The molecular weight excluding hydrogens is 478 g/mol. The number of aromatic nitrogens is 2. The molecule has 170 valence electrons. The van der Waals surface area contributed by atoms with Gasteiger partial charge in [0.05, 0.1) is 5.69 Å². The molecule has 7 heteroatoms. The number of nitrogens with zero attached hydrogens (tertiary/aromatic N) is 3. The molecule has 2 bridgehead atoms. The molecule has 0 aliphatic carbocycles. The van der Waals surface area contributed by atoms with Crippen molar-refractivity contribution in [3.05, 3.63) is 76.7 Å². The first-order valence-electron chi connectivity index (χ1n) is 11.5. The van der Waals surface area contributed by atoms with E-state index in [2.05, 4.69) is 43.6 Å². The quantitative estimate of drug-likeness (QED) is 0.498. The number of urea groups is 1. The molecule has 3 fully saturated rings. The Morgan fingerprint density at radius 2 is 1.91 bits per heavy atom. The van der Waals surface area contributed by atoms with Crippen molar-refractivity contribution in [1.29, 1.82) is 0 Å². The van der Waals surface area contributed by atoms with Gasteiger partial charge in [0.1, 0.15) is 5.82 Å². The van der Waals surface area contributed by atoms with E-state index in [9.17, 15) is 4.79 Å². The Morgan fingerprint density at radius 3 is 2.67 bits per heavy atom. The highest BCUT2D eigenvalue weighted by atomic mass is 79.9. The zero-order valence-electron chi connectivity index (χ0n) is 18.7. The summed E-state index contributed by atoms with van der Waals surface area (Å²) in [4.78, 5) is 24.4. The lowest BCUT2D eigenvalue weighted by atomic mass is 9.74. The van der Waals surface area contributed by atoms with Crippen LogP contribution in [0.25, 0.3) is 11.3 Å². The van der Waals surface area contributed by atoms with Gasteiger partial charge >= 0.3 is 6.03 Å². The maximum absolute atomic E-state index is 12.3. The van der Waals surface area contributed by atoms with Gasteiger partial charge in [-0.3, -0.25) is 4.90 Å². The summed E-state index contributed by atoms with van der Waals surface area (Å²) in [6.45, 7) is 4.69. The van der Waals surface area contributed by atoms with Crippen molar-refractivity contribution in [1.82, 2.24) is 20.2 Å². The van der Waals surface area contributed by atoms with E-state index in [0.29, 0.717) is 24.4 Å². The van der Waals surface area contributed by atoms with Crippen molar-refractivity contribution in [2.75, 3.05) is 25.0 Å². The topological polar surface area (TPSA) is 70.2 Å². The minimum Gasteiger partial charge on any atom is -0.336 e. The normalized spacial score (nSPS) is 23.8. The molecule has 2 N–H and O–H groups in total. The zero-order valence-corrected chi connectivity index (χ0v) is 20.3. The third kappa shape index (κ3) is 4.94. The number of hydrogen-bond donors (Lipinski definition) is 2. The van der Waals surface area contributed by atoms with E-state index in [4.69, 9.17) is 9.97 Å². The van der Waals surface area contributed by atoms with Gasteiger partial charge in [0.2, 0.25) is 0 Å². The van der Waals surface area contributed by atoms with Gasteiger partial charge in [0.25, 0.3) is 0 Å². The minimum atomic E-state index is -0.148. The predicted octanol–water partition coefficient (Wildman–Crippen LogP) is 5.21. The molecule has 0 saturated carbocycles. The fourth-order valence-corrected chi connectivity index (χ4v) is 5.67. The van der Waals surface area contributed by atoms with Crippen LogP contribution >= 0.6 is 15.9 Å². The van der Waals surface area contributed by atoms with Crippen LogP contribution in [0.2, 0.25) is 0 Å². The summed E-state index contributed by atoms with van der Waals surface area (Å²) < 4.78 is 1.04. The van der Waals surface area contributed by atoms with Crippen molar-refractivity contribution in [3.8, 4) is 11.3 Å². The highest BCUT2D eigenvalue weighted by molar-refractivity contribution is 9.10. The Kier molecular flexibility index (Phi) is 6.42. The number of anilines is 1. The van der Waals surface area contributed by atoms with Crippen LogP contribution in [0.1, 0.15) is 30.3 Å². The van der Waals surface area contributed by atoms with Crippen LogP contribution in [0.4, 0.5) is 10.5 Å². The molecular formula is C26H28BrN5O. The second-order valence-electron chi connectivity index (χ2n) is 8.95. The fraction of sp³-hybridized carbons (Fsp3) is 0.346. The van der Waals surface area contributed by atoms with Crippen LogP contribution < -0.4 is 10.6 Å². The molecule has 0 spiro atoms. The third-order valence-corrected chi connectivity index (χ3v) is 7.49. The molecule has 33 heavy (non-hydrogen) atoms. The van der Waals surface area contributed by atoms with E-state index in [1.807, 2.05) is 55.5 Å². The van der Waals surface area contributed by atoms with E-state index in [-0.39, 0.29) is 6.03 Å². The van der Waals surface area contributed by atoms with E-state index < -0.39 is 0 Å². The molecule has 2 amide bonds. The molecule has 2 aromatic carbocycles. The lowest BCUT2D eigenvalue weighted by molar-refractivity contribution is 0.0307. The second kappa shape index (κ2) is 9.61. The predicted molar refractivity (Wildman–Crippen MR) is 134 cm³/mol. The molecule has 3 aliphatic rings. The Bertz CT molecular complexity index is 1140. The number of nitrogens with one attached hydrogen (secondary N) is 2. The lowest BCUT2D eigenvalue weighted by Gasteiger charge is -2.49. The van der Waals surface area contributed by atoms with Gasteiger partial charge in [0, 0.05) is 46.5 Å². The molecule has 1 unspecified atom stereocenters. The standard InChI is InChI=1S/C26H28BrN5O/c1-17-29-24(21-9-5-6-10-23(21)27)14-25(30-17)22-16-32-12-11-18(22)13-20(32)15-28-26(33)31-19-7-3-2-4-8-19/h2-10,14,18,20,22H,11-13,15-16H2,1H3,(H2,28,31,33)/t18-,20+,22-/m0/s1. The zero-order chi connectivity index (χ0) is 22.8. The second-order valence-corrected chi connectivity index (χ2v) is 9.80. The first-order valence-corrected chi connectivity index (χ1v) is 12.3. The van der Waals surface area contributed by atoms with Crippen LogP contribution in [0.3, 0.4) is 0 Å². The summed E-state index contributed by atoms with van der Waals surface area (Å²) in [5.41, 5.74) is 4.01. The van der Waals surface area contributed by atoms with Crippen molar-refractivity contribution in [2.24, 2.45) is 5.92 Å². The van der Waals surface area contributed by atoms with E-state index in [0.717, 1.165) is 52.4 Å². The number of rotatable bonds is 5. The minimum absolute atomic E-state index is 0.148. The number of halogens is 1. The molecule has 6 rings (SSSR count). The number of para-hydroxylation sites is 1. The average molecular weight is 506 g/mol. The van der Waals surface area contributed by atoms with Crippen LogP contribution in [-0.4, -0.2) is 46.6 Å². The molecule has 6 nitrogen and oxygen atoms in total. The number of benzene rings is 2. The maximum Gasteiger partial charge on any atom is 0.319 e. The van der Waals surface area contributed by atoms with Crippen molar-refractivity contribution in [2.45, 2.75) is 31.7 Å². The van der Waals surface area contributed by atoms with E-state index in [1.165, 1.54) is 6.42 Å². The Morgan fingerprint density at radius 1 is 1.12 bits per heavy atom. The molecule has 4 heterocycles. The smallest absolute Gasteiger partial charge is 0.319 e. The summed E-state index contributed by atoms with van der Waals surface area (Å²) in [5.74, 6) is 1.78. The maximum atomic E-state index is 12.3. The molecule has 3 saturated heterocycles. The number of aryl methyl sites for hydroxylation is 1. The van der Waals surface area contributed by atoms with Crippen molar-refractivity contribution >= 4 is 27.6 Å². The molecule has 3 aliphatic heterocycles. The van der Waals surface area contributed by atoms with Gasteiger partial charge in [-0.05, 0) is 56.5 Å². The first-order chi connectivity index (χ1) is 16.1. The average Bonchev–Trinajstić information content (AvgIpc) is 2.83. The molecule has 3 aromatic rings. The molecule has 4 atom stereocenters. The number of carbonyl (C=O) groups is 1. The highest BCUT2D eigenvalue weighted by Crippen LogP contribution is 2.42. The van der Waals surface area contributed by atoms with Crippen molar-refractivity contribution in [3.63, 3.8) is 0 Å². The van der Waals surface area contributed by atoms with Gasteiger partial charge in [-0.2, -0.15) is 0 Å². The number of amides is 2. The van der Waals surface area contributed by atoms with Crippen LogP contribution in [0, 0.1) is 12.8 Å². The first kappa shape index (κ1) is 22.0. The summed E-state index contributed by atoms with van der Waals surface area (Å²) in [5, 5.41) is 5.97. The van der Waals surface area contributed by atoms with Crippen LogP contribution in [0.5, 0.6) is 0 Å². The summed E-state index contributed by atoms with van der Waals surface area (Å²) in [7, 11) is 0. The van der Waals surface area contributed by atoms with Gasteiger partial charge in [-0.1, -0.05) is 52.3 Å². The molecule has 1 aromatic heterocycles. The SMILES string of the molecule is Cc1nc(-c2ccccc2Br)cc([C@H]2CN3CC[C@H]2C[C@@H]3CNC(=O)Nc2ccccc2)n1. The third-order valence-electron chi connectivity index (χ3n) is 6.80.